The van der Waals surface area contributed by atoms with E-state index < -0.39 is 0 Å². The van der Waals surface area contributed by atoms with E-state index in [2.05, 4.69) is 42.5 Å². The van der Waals surface area contributed by atoms with Crippen molar-refractivity contribution < 1.29 is 23.7 Å². The molecule has 6 rings (SSSR count). The molecule has 3 aromatic rings. The second kappa shape index (κ2) is 14.5. The number of methoxy groups -OCH3 is 2. The fourth-order valence-electron chi connectivity index (χ4n) is 5.89. The molecule has 3 aliphatic rings. The fourth-order valence-corrected chi connectivity index (χ4v) is 6.03. The number of rotatable bonds is 9. The summed E-state index contributed by atoms with van der Waals surface area (Å²) < 4.78 is 22.3. The molecular weight excluding hydrogens is 598 g/mol. The number of hydrogen-bond acceptors (Lipinski definition) is 11. The number of anilines is 5. The van der Waals surface area contributed by atoms with Crippen molar-refractivity contribution in [1.82, 2.24) is 19.8 Å². The molecule has 2 N–H and O–H groups in total. The van der Waals surface area contributed by atoms with Crippen molar-refractivity contribution in [3.63, 3.8) is 0 Å². The van der Waals surface area contributed by atoms with Gasteiger partial charge in [-0.1, -0.05) is 11.6 Å². The minimum absolute atomic E-state index is 0.166. The number of benzene rings is 2. The van der Waals surface area contributed by atoms with Crippen LogP contribution in [0.3, 0.4) is 0 Å². The monoisotopic (exact) mass is 637 g/mol. The number of amides is 1. The highest BCUT2D eigenvalue weighted by Crippen LogP contribution is 2.36. The number of morpholine rings is 2. The van der Waals surface area contributed by atoms with Crippen LogP contribution in [0.1, 0.15) is 11.1 Å². The number of fused-ring (bicyclic) bond motifs is 1. The van der Waals surface area contributed by atoms with Gasteiger partial charge in [0, 0.05) is 51.0 Å². The molecule has 240 valence electrons. The van der Waals surface area contributed by atoms with Gasteiger partial charge in [-0.15, -0.1) is 0 Å². The van der Waals surface area contributed by atoms with Gasteiger partial charge >= 0.3 is 0 Å². The molecule has 0 unspecified atom stereocenters. The summed E-state index contributed by atoms with van der Waals surface area (Å²) in [6.07, 6.45) is 3.21. The van der Waals surface area contributed by atoms with Crippen LogP contribution < -0.4 is 25.0 Å². The zero-order chi connectivity index (χ0) is 31.2. The summed E-state index contributed by atoms with van der Waals surface area (Å²) in [6, 6.07) is 10.2. The normalized spacial score (nSPS) is 17.3. The molecule has 13 heteroatoms. The van der Waals surface area contributed by atoms with Gasteiger partial charge in [0.1, 0.15) is 16.5 Å². The topological polar surface area (TPSA) is 114 Å². The summed E-state index contributed by atoms with van der Waals surface area (Å²) in [5.41, 5.74) is 4.98. The molecule has 4 heterocycles. The molecule has 0 aliphatic carbocycles. The molecule has 1 aromatic heterocycles. The first kappa shape index (κ1) is 31.2. The van der Waals surface area contributed by atoms with Gasteiger partial charge in [0.25, 0.3) is 0 Å². The molecule has 0 spiro atoms. The van der Waals surface area contributed by atoms with Crippen LogP contribution in [0.2, 0.25) is 5.02 Å². The average Bonchev–Trinajstić information content (AvgIpc) is 3.28. The number of halogens is 1. The number of aromatic nitrogens is 2. The Morgan fingerprint density at radius 1 is 0.867 bits per heavy atom. The van der Waals surface area contributed by atoms with Crippen molar-refractivity contribution in [3.05, 3.63) is 52.7 Å². The first-order valence-electron chi connectivity index (χ1n) is 15.4. The van der Waals surface area contributed by atoms with Crippen LogP contribution in [0, 0.1) is 0 Å². The summed E-state index contributed by atoms with van der Waals surface area (Å²) >= 11 is 6.53. The smallest absolute Gasteiger partial charge is 0.236 e. The van der Waals surface area contributed by atoms with Crippen LogP contribution in [0.5, 0.6) is 11.5 Å². The molecule has 2 aromatic carbocycles. The van der Waals surface area contributed by atoms with Gasteiger partial charge < -0.3 is 39.4 Å². The van der Waals surface area contributed by atoms with E-state index in [1.165, 1.54) is 11.1 Å². The molecule has 0 radical (unpaired) electrons. The minimum Gasteiger partial charge on any atom is -0.495 e. The highest BCUT2D eigenvalue weighted by Gasteiger charge is 2.23. The predicted molar refractivity (Wildman–Crippen MR) is 174 cm³/mol. The molecule has 12 nitrogen and oxygen atoms in total. The van der Waals surface area contributed by atoms with E-state index in [1.54, 1.807) is 20.4 Å². The van der Waals surface area contributed by atoms with Gasteiger partial charge in [-0.25, -0.2) is 4.98 Å². The molecular formula is C32H40ClN7O5. The maximum absolute atomic E-state index is 12.8. The van der Waals surface area contributed by atoms with Crippen LogP contribution in [-0.2, 0) is 27.1 Å². The van der Waals surface area contributed by atoms with Crippen LogP contribution in [0.4, 0.5) is 28.8 Å². The Labute approximate surface area is 268 Å². The van der Waals surface area contributed by atoms with Gasteiger partial charge in [-0.3, -0.25) is 9.69 Å². The van der Waals surface area contributed by atoms with E-state index in [0.717, 1.165) is 56.1 Å². The minimum atomic E-state index is 0.166. The largest absolute Gasteiger partial charge is 0.495 e. The van der Waals surface area contributed by atoms with Gasteiger partial charge in [0.05, 0.1) is 64.8 Å². The Morgan fingerprint density at radius 3 is 2.24 bits per heavy atom. The second-order valence-corrected chi connectivity index (χ2v) is 11.6. The van der Waals surface area contributed by atoms with E-state index in [-0.39, 0.29) is 5.91 Å². The lowest BCUT2D eigenvalue weighted by Gasteiger charge is -2.29. The Bertz CT molecular complexity index is 1500. The van der Waals surface area contributed by atoms with Crippen LogP contribution in [0.25, 0.3) is 0 Å². The molecule has 2 fully saturated rings. The highest BCUT2D eigenvalue weighted by molar-refractivity contribution is 6.33. The van der Waals surface area contributed by atoms with Crippen molar-refractivity contribution in [1.29, 1.82) is 0 Å². The lowest BCUT2D eigenvalue weighted by molar-refractivity contribution is -0.136. The van der Waals surface area contributed by atoms with E-state index in [0.29, 0.717) is 74.3 Å². The first-order valence-corrected chi connectivity index (χ1v) is 15.7. The third-order valence-electron chi connectivity index (χ3n) is 8.44. The highest BCUT2D eigenvalue weighted by atomic mass is 35.5. The van der Waals surface area contributed by atoms with Gasteiger partial charge in [0.2, 0.25) is 11.9 Å². The second-order valence-electron chi connectivity index (χ2n) is 11.2. The summed E-state index contributed by atoms with van der Waals surface area (Å²) in [5.74, 6) is 2.35. The zero-order valence-electron chi connectivity index (χ0n) is 25.8. The summed E-state index contributed by atoms with van der Waals surface area (Å²) in [7, 11) is 3.30. The Hall–Kier alpha value is -3.84. The molecule has 0 atom stereocenters. The molecule has 45 heavy (non-hydrogen) atoms. The number of carbonyl (C=O) groups excluding carboxylic acids is 1. The van der Waals surface area contributed by atoms with E-state index in [4.69, 9.17) is 30.5 Å². The SMILES string of the molecule is COc1cc2c(cc1Nc1ncc(Cl)c(Nc3ccc(N4CCOCC4)cc3OC)n1)CCN(CC(=O)N1CCOCC1)CC2. The third-order valence-corrected chi connectivity index (χ3v) is 8.72. The summed E-state index contributed by atoms with van der Waals surface area (Å²) in [4.78, 5) is 28.4. The predicted octanol–water partition coefficient (Wildman–Crippen LogP) is 3.73. The number of nitrogens with zero attached hydrogens (tertiary/aromatic N) is 5. The zero-order valence-corrected chi connectivity index (χ0v) is 26.6. The lowest BCUT2D eigenvalue weighted by atomic mass is 10.0. The van der Waals surface area contributed by atoms with E-state index >= 15 is 0 Å². The van der Waals surface area contributed by atoms with Crippen molar-refractivity contribution in [2.24, 2.45) is 0 Å². The lowest BCUT2D eigenvalue weighted by Crippen LogP contribution is -2.46. The number of carbonyl (C=O) groups is 1. The Morgan fingerprint density at radius 2 is 1.53 bits per heavy atom. The summed E-state index contributed by atoms with van der Waals surface area (Å²) in [5, 5.41) is 7.02. The van der Waals surface area contributed by atoms with E-state index in [1.807, 2.05) is 23.1 Å². The maximum atomic E-state index is 12.8. The van der Waals surface area contributed by atoms with Gasteiger partial charge in [-0.2, -0.15) is 4.98 Å². The van der Waals surface area contributed by atoms with Crippen molar-refractivity contribution in [3.8, 4) is 11.5 Å². The van der Waals surface area contributed by atoms with Crippen LogP contribution in [-0.4, -0.2) is 112 Å². The average molecular weight is 638 g/mol. The quantitative estimate of drug-likeness (QED) is 0.358. The summed E-state index contributed by atoms with van der Waals surface area (Å²) in [6.45, 7) is 7.66. The number of nitrogens with one attached hydrogen (secondary N) is 2. The standard InChI is InChI=1S/C32H40ClN7O5/c1-42-28-18-23-6-8-38(21-30(41)40-11-15-45-16-12-40)7-5-22(23)17-27(28)36-32-34-20-25(33)31(37-32)35-26-4-3-24(19-29(26)43-2)39-9-13-44-14-10-39/h3-4,17-20H,5-16,21H2,1-2H3,(H2,34,35,36,37). The number of ether oxygens (including phenoxy) is 4. The Kier molecular flexibility index (Phi) is 10.0. The van der Waals surface area contributed by atoms with Gasteiger partial charge in [0.15, 0.2) is 5.82 Å². The molecule has 0 saturated carbocycles. The maximum Gasteiger partial charge on any atom is 0.236 e. The van der Waals surface area contributed by atoms with E-state index in [9.17, 15) is 4.79 Å². The fraction of sp³-hybridized carbons (Fsp3) is 0.469. The molecule has 3 aliphatic heterocycles. The third kappa shape index (κ3) is 7.52. The Balaban J connectivity index is 1.15. The number of hydrogen-bond donors (Lipinski definition) is 2. The van der Waals surface area contributed by atoms with Crippen molar-refractivity contribution >= 4 is 46.3 Å². The first-order chi connectivity index (χ1) is 22.0. The van der Waals surface area contributed by atoms with Gasteiger partial charge in [-0.05, 0) is 48.2 Å². The molecule has 1 amide bonds. The molecule has 2 saturated heterocycles. The van der Waals surface area contributed by atoms with Crippen LogP contribution in [0.15, 0.2) is 36.5 Å². The van der Waals surface area contributed by atoms with Crippen molar-refractivity contribution in [2.45, 2.75) is 12.8 Å². The van der Waals surface area contributed by atoms with Crippen molar-refractivity contribution in [2.75, 3.05) is 102 Å². The van der Waals surface area contributed by atoms with Crippen LogP contribution >= 0.6 is 11.6 Å². The molecule has 0 bridgehead atoms.